The molecule has 2 aromatic carbocycles. The first-order chi connectivity index (χ1) is 24.3. The molecule has 51 heavy (non-hydrogen) atoms. The number of benzene rings is 2. The highest BCUT2D eigenvalue weighted by Gasteiger charge is 2.39. The number of aliphatic carboxylic acids is 1. The number of carbonyl (C=O) groups is 5. The maximum Gasteiger partial charge on any atom is 0.407 e. The summed E-state index contributed by atoms with van der Waals surface area (Å²) in [7, 11) is 0. The van der Waals surface area contributed by atoms with Crippen LogP contribution < -0.4 is 10.6 Å². The Labute approximate surface area is 303 Å². The fourth-order valence-corrected chi connectivity index (χ4v) is 6.62. The molecule has 1 saturated heterocycles. The van der Waals surface area contributed by atoms with Crippen LogP contribution in [0, 0.1) is 29.6 Å². The summed E-state index contributed by atoms with van der Waals surface area (Å²) in [5.41, 5.74) is 1.89. The van der Waals surface area contributed by atoms with E-state index in [-0.39, 0.29) is 50.0 Å². The Morgan fingerprint density at radius 1 is 0.922 bits per heavy atom. The number of rotatable bonds is 20. The molecule has 10 nitrogen and oxygen atoms in total. The lowest BCUT2D eigenvalue weighted by molar-refractivity contribution is -0.144. The maximum absolute atomic E-state index is 14.1. The molecule has 10 heteroatoms. The first kappa shape index (κ1) is 41.0. The summed E-state index contributed by atoms with van der Waals surface area (Å²) >= 11 is 0. The predicted octanol–water partition coefficient (Wildman–Crippen LogP) is 6.58. The third-order valence-electron chi connectivity index (χ3n) is 9.37. The molecule has 3 amide bonds. The van der Waals surface area contributed by atoms with Crippen molar-refractivity contribution in [3.63, 3.8) is 0 Å². The van der Waals surface area contributed by atoms with Gasteiger partial charge in [-0.1, -0.05) is 107 Å². The van der Waals surface area contributed by atoms with Gasteiger partial charge in [-0.15, -0.1) is 0 Å². The molecule has 1 heterocycles. The highest BCUT2D eigenvalue weighted by atomic mass is 16.5. The van der Waals surface area contributed by atoms with E-state index in [1.807, 2.05) is 80.6 Å². The van der Waals surface area contributed by atoms with Crippen LogP contribution in [0.3, 0.4) is 0 Å². The number of ketones is 1. The molecule has 1 aliphatic rings. The Kier molecular flexibility index (Phi) is 16.9. The lowest BCUT2D eigenvalue weighted by Crippen LogP contribution is -2.47. The molecule has 0 unspecified atom stereocenters. The zero-order valence-electron chi connectivity index (χ0n) is 30.9. The van der Waals surface area contributed by atoms with Crippen molar-refractivity contribution in [1.29, 1.82) is 0 Å². The summed E-state index contributed by atoms with van der Waals surface area (Å²) in [5.74, 6) is -2.57. The molecule has 278 valence electrons. The van der Waals surface area contributed by atoms with E-state index >= 15 is 0 Å². The summed E-state index contributed by atoms with van der Waals surface area (Å²) in [6.45, 7) is 10.9. The monoisotopic (exact) mass is 703 g/mol. The van der Waals surface area contributed by atoms with E-state index in [1.165, 1.54) is 0 Å². The molecule has 0 aromatic heterocycles. The number of alkyl carbamates (subject to hydrolysis) is 1. The van der Waals surface area contributed by atoms with Crippen molar-refractivity contribution in [3.8, 4) is 0 Å². The Hall–Kier alpha value is -4.47. The van der Waals surface area contributed by atoms with Crippen LogP contribution >= 0.6 is 0 Å². The van der Waals surface area contributed by atoms with E-state index in [9.17, 15) is 29.1 Å². The highest BCUT2D eigenvalue weighted by molar-refractivity contribution is 5.94. The summed E-state index contributed by atoms with van der Waals surface area (Å²) in [4.78, 5) is 67.2. The Balaban J connectivity index is 1.60. The van der Waals surface area contributed by atoms with Crippen molar-refractivity contribution in [3.05, 3.63) is 83.9 Å². The number of carbonyl (C=O) groups excluding carboxylic acids is 4. The molecule has 5 atom stereocenters. The molecule has 3 N–H and O–H groups in total. The number of nitrogens with zero attached hydrogens (tertiary/aromatic N) is 1. The minimum absolute atomic E-state index is 0.0792. The fraction of sp³-hybridized carbons (Fsp3) is 0.537. The van der Waals surface area contributed by atoms with Gasteiger partial charge in [-0.05, 0) is 67.4 Å². The summed E-state index contributed by atoms with van der Waals surface area (Å²) < 4.78 is 5.18. The number of nitrogens with one attached hydrogen (secondary N) is 2. The fourth-order valence-electron chi connectivity index (χ4n) is 6.62. The summed E-state index contributed by atoms with van der Waals surface area (Å²) in [6.07, 6.45) is 6.54. The van der Waals surface area contributed by atoms with Gasteiger partial charge in [0.05, 0.1) is 12.0 Å². The van der Waals surface area contributed by atoms with Crippen molar-refractivity contribution in [2.24, 2.45) is 29.6 Å². The number of likely N-dealkylation sites (tertiary alicyclic amines) is 1. The number of carboxylic acid groups (broad SMARTS) is 1. The molecule has 0 aliphatic carbocycles. The number of ether oxygens (including phenoxy) is 1. The van der Waals surface area contributed by atoms with E-state index in [4.69, 9.17) is 4.74 Å². The molecule has 0 bridgehead atoms. The largest absolute Gasteiger partial charge is 0.480 e. The van der Waals surface area contributed by atoms with E-state index in [2.05, 4.69) is 37.5 Å². The second kappa shape index (κ2) is 21.0. The number of carboxylic acids is 1. The van der Waals surface area contributed by atoms with Gasteiger partial charge in [-0.25, -0.2) is 9.59 Å². The maximum atomic E-state index is 14.1. The van der Waals surface area contributed by atoms with Crippen LogP contribution in [-0.2, 0) is 36.9 Å². The van der Waals surface area contributed by atoms with E-state index in [0.29, 0.717) is 37.6 Å². The van der Waals surface area contributed by atoms with Gasteiger partial charge in [-0.2, -0.15) is 0 Å². The van der Waals surface area contributed by atoms with Gasteiger partial charge in [0.1, 0.15) is 12.6 Å². The Morgan fingerprint density at radius 3 is 2.18 bits per heavy atom. The minimum atomic E-state index is -1.20. The summed E-state index contributed by atoms with van der Waals surface area (Å²) in [6, 6.07) is 17.3. The molecule has 3 rings (SSSR count). The molecule has 0 spiro atoms. The van der Waals surface area contributed by atoms with Crippen LogP contribution in [0.25, 0.3) is 0 Å². The van der Waals surface area contributed by atoms with Gasteiger partial charge in [0, 0.05) is 25.4 Å². The Morgan fingerprint density at radius 2 is 1.57 bits per heavy atom. The van der Waals surface area contributed by atoms with E-state index < -0.39 is 41.9 Å². The average molecular weight is 704 g/mol. The van der Waals surface area contributed by atoms with Gasteiger partial charge >= 0.3 is 12.1 Å². The molecular weight excluding hydrogens is 646 g/mol. The second-order valence-electron chi connectivity index (χ2n) is 14.5. The average Bonchev–Trinajstić information content (AvgIpc) is 3.59. The molecular formula is C41H57N3O7. The van der Waals surface area contributed by atoms with Crippen LogP contribution in [0.4, 0.5) is 4.79 Å². The van der Waals surface area contributed by atoms with Crippen LogP contribution in [-0.4, -0.2) is 64.8 Å². The minimum Gasteiger partial charge on any atom is -0.480 e. The van der Waals surface area contributed by atoms with Crippen molar-refractivity contribution in [2.45, 2.75) is 98.3 Å². The van der Waals surface area contributed by atoms with Crippen LogP contribution in [0.15, 0.2) is 72.8 Å². The lowest BCUT2D eigenvalue weighted by Gasteiger charge is -2.29. The van der Waals surface area contributed by atoms with Gasteiger partial charge in [-0.3, -0.25) is 14.4 Å². The predicted molar refractivity (Wildman–Crippen MR) is 198 cm³/mol. The zero-order valence-corrected chi connectivity index (χ0v) is 30.9. The molecule has 0 saturated carbocycles. The van der Waals surface area contributed by atoms with Crippen molar-refractivity contribution >= 4 is 29.7 Å². The summed E-state index contributed by atoms with van der Waals surface area (Å²) in [5, 5.41) is 15.1. The molecule has 2 aromatic rings. The van der Waals surface area contributed by atoms with Crippen LogP contribution in [0.1, 0.15) is 84.3 Å². The molecule has 0 radical (unpaired) electrons. The second-order valence-corrected chi connectivity index (χ2v) is 14.5. The number of hydrogen-bond donors (Lipinski definition) is 3. The number of amides is 3. The highest BCUT2D eigenvalue weighted by Crippen LogP contribution is 2.27. The first-order valence-corrected chi connectivity index (χ1v) is 18.4. The van der Waals surface area contributed by atoms with Gasteiger partial charge in [0.2, 0.25) is 11.8 Å². The van der Waals surface area contributed by atoms with Gasteiger partial charge in [0.25, 0.3) is 0 Å². The van der Waals surface area contributed by atoms with Crippen molar-refractivity contribution in [1.82, 2.24) is 15.5 Å². The van der Waals surface area contributed by atoms with E-state index in [0.717, 1.165) is 17.5 Å². The first-order valence-electron chi connectivity index (χ1n) is 18.4. The molecule has 1 aliphatic heterocycles. The van der Waals surface area contributed by atoms with Crippen molar-refractivity contribution in [2.75, 3.05) is 13.1 Å². The third-order valence-corrected chi connectivity index (χ3v) is 9.37. The zero-order chi connectivity index (χ0) is 37.3. The normalized spacial score (nSPS) is 16.8. The lowest BCUT2D eigenvalue weighted by atomic mass is 9.87. The number of allylic oxidation sites excluding steroid dienone is 1. The van der Waals surface area contributed by atoms with Crippen molar-refractivity contribution < 1.29 is 33.8 Å². The number of hydrogen-bond acceptors (Lipinski definition) is 6. The topological polar surface area (TPSA) is 142 Å². The Bertz CT molecular complexity index is 1440. The standard InChI is InChI=1S/C41H57N3O7/c1-28(2)24-30(5)20-21-33(25-31-14-8-6-9-15-31)39(47)44-23-13-19-36(44)37(45)26-34(29(3)4)38(46)43-35(40(48)49)18-12-22-42-41(50)51-27-32-16-10-7-11-17-32/h6-11,14-17,20-21,28-30,33-36H,12-13,18-19,22-27H2,1-5H3,(H,42,50)(H,43,46)(H,48,49)/b21-20+/t30-,33-,34+,35+,36+/m1/s1. The van der Waals surface area contributed by atoms with Gasteiger partial charge in [0.15, 0.2) is 5.78 Å². The van der Waals surface area contributed by atoms with Crippen LogP contribution in [0.5, 0.6) is 0 Å². The quantitative estimate of drug-likeness (QED) is 0.104. The SMILES string of the molecule is CC(C)C[C@H](C)/C=C/[C@H](Cc1ccccc1)C(=O)N1CCC[C@H]1C(=O)C[C@H](C(=O)N[C@@H](CCCNC(=O)OCc1ccccc1)C(=O)O)C(C)C. The smallest absolute Gasteiger partial charge is 0.407 e. The number of Topliss-reactive ketones (excluding diaryl/α,β-unsaturated/α-hetero) is 1. The van der Waals surface area contributed by atoms with E-state index in [1.54, 1.807) is 4.90 Å². The van der Waals surface area contributed by atoms with Crippen LogP contribution in [0.2, 0.25) is 0 Å². The third kappa shape index (κ3) is 14.0. The van der Waals surface area contributed by atoms with Gasteiger partial charge < -0.3 is 25.4 Å². The molecule has 1 fully saturated rings.